The number of piperidine rings is 1. The second-order valence-corrected chi connectivity index (χ2v) is 5.06. The van der Waals surface area contributed by atoms with Gasteiger partial charge in [0.25, 0.3) is 0 Å². The molecule has 86 valence electrons. The van der Waals surface area contributed by atoms with Gasteiger partial charge in [-0.25, -0.2) is 0 Å². The number of anilines is 1. The molecule has 0 aromatic heterocycles. The lowest BCUT2D eigenvalue weighted by atomic mass is 10.0. The summed E-state index contributed by atoms with van der Waals surface area (Å²) < 4.78 is 0. The van der Waals surface area contributed by atoms with E-state index in [2.05, 4.69) is 40.5 Å². The molecular formula is C14H20N2. The Hall–Kier alpha value is -1.02. The summed E-state index contributed by atoms with van der Waals surface area (Å²) in [6.07, 6.45) is 5.45. The molecule has 2 fully saturated rings. The number of nitrogens with zero attached hydrogens (tertiary/aromatic N) is 1. The van der Waals surface area contributed by atoms with E-state index in [1.54, 1.807) is 0 Å². The lowest BCUT2D eigenvalue weighted by molar-refractivity contribution is 0.420. The summed E-state index contributed by atoms with van der Waals surface area (Å²) in [5.74, 6) is 0. The molecule has 1 heterocycles. The molecule has 1 N–H and O–H groups in total. The third kappa shape index (κ3) is 2.38. The summed E-state index contributed by atoms with van der Waals surface area (Å²) in [7, 11) is 0. The molecule has 1 unspecified atom stereocenters. The van der Waals surface area contributed by atoms with Crippen LogP contribution in [-0.2, 0) is 0 Å². The van der Waals surface area contributed by atoms with Crippen LogP contribution in [0.1, 0.15) is 25.7 Å². The lowest BCUT2D eigenvalue weighted by Crippen LogP contribution is -2.46. The van der Waals surface area contributed by atoms with Crippen molar-refractivity contribution in [1.29, 1.82) is 0 Å². The number of hydrogen-bond donors (Lipinski definition) is 1. The van der Waals surface area contributed by atoms with Crippen LogP contribution in [0.4, 0.5) is 5.69 Å². The van der Waals surface area contributed by atoms with E-state index < -0.39 is 0 Å². The molecule has 0 radical (unpaired) electrons. The molecule has 0 bridgehead atoms. The quantitative estimate of drug-likeness (QED) is 0.834. The molecule has 16 heavy (non-hydrogen) atoms. The van der Waals surface area contributed by atoms with Crippen molar-refractivity contribution in [3.63, 3.8) is 0 Å². The van der Waals surface area contributed by atoms with Crippen LogP contribution in [0.2, 0.25) is 0 Å². The van der Waals surface area contributed by atoms with Crippen LogP contribution in [0.5, 0.6) is 0 Å². The minimum atomic E-state index is 0.710. The van der Waals surface area contributed by atoms with Crippen LogP contribution < -0.4 is 10.2 Å². The number of para-hydroxylation sites is 1. The van der Waals surface area contributed by atoms with Crippen LogP contribution >= 0.6 is 0 Å². The average molecular weight is 216 g/mol. The second kappa shape index (κ2) is 4.46. The first-order valence-corrected chi connectivity index (χ1v) is 6.48. The highest BCUT2D eigenvalue weighted by molar-refractivity contribution is 5.46. The van der Waals surface area contributed by atoms with Gasteiger partial charge in [-0.05, 0) is 37.8 Å². The minimum absolute atomic E-state index is 0.710. The molecule has 1 aromatic carbocycles. The predicted molar refractivity (Wildman–Crippen MR) is 67.8 cm³/mol. The minimum Gasteiger partial charge on any atom is -0.370 e. The molecule has 0 spiro atoms. The van der Waals surface area contributed by atoms with E-state index in [1.807, 2.05) is 0 Å². The first-order chi connectivity index (χ1) is 7.92. The third-order valence-corrected chi connectivity index (χ3v) is 3.59. The first kappa shape index (κ1) is 10.2. The molecule has 2 heteroatoms. The molecule has 1 aliphatic carbocycles. The standard InChI is InChI=1S/C14H20N2/c1-2-6-14(7-3-1)16-10-4-5-13(11-16)15-12-8-9-12/h1-3,6-7,12-13,15H,4-5,8-11H2. The van der Waals surface area contributed by atoms with Crippen LogP contribution in [0.15, 0.2) is 30.3 Å². The number of hydrogen-bond acceptors (Lipinski definition) is 2. The van der Waals surface area contributed by atoms with Gasteiger partial charge in [0.15, 0.2) is 0 Å². The highest BCUT2D eigenvalue weighted by atomic mass is 15.2. The number of rotatable bonds is 3. The van der Waals surface area contributed by atoms with Gasteiger partial charge in [0.2, 0.25) is 0 Å². The zero-order chi connectivity index (χ0) is 10.8. The van der Waals surface area contributed by atoms with Gasteiger partial charge in [-0.1, -0.05) is 18.2 Å². The Morgan fingerprint density at radius 3 is 2.56 bits per heavy atom. The van der Waals surface area contributed by atoms with Gasteiger partial charge < -0.3 is 10.2 Å². The Balaban J connectivity index is 1.62. The Bertz CT molecular complexity index is 332. The Morgan fingerprint density at radius 1 is 1.00 bits per heavy atom. The molecule has 1 aliphatic heterocycles. The monoisotopic (exact) mass is 216 g/mol. The smallest absolute Gasteiger partial charge is 0.0366 e. The van der Waals surface area contributed by atoms with E-state index >= 15 is 0 Å². The fourth-order valence-corrected chi connectivity index (χ4v) is 2.57. The van der Waals surface area contributed by atoms with Crippen molar-refractivity contribution in [2.75, 3.05) is 18.0 Å². The summed E-state index contributed by atoms with van der Waals surface area (Å²) in [6.45, 7) is 2.40. The van der Waals surface area contributed by atoms with Crippen LogP contribution in [0.25, 0.3) is 0 Å². The van der Waals surface area contributed by atoms with Gasteiger partial charge in [0, 0.05) is 30.9 Å². The van der Waals surface area contributed by atoms with Crippen molar-refractivity contribution in [3.8, 4) is 0 Å². The summed E-state index contributed by atoms with van der Waals surface area (Å²) in [6, 6.07) is 12.3. The van der Waals surface area contributed by atoms with Crippen LogP contribution in [-0.4, -0.2) is 25.2 Å². The van der Waals surface area contributed by atoms with Gasteiger partial charge in [-0.15, -0.1) is 0 Å². The van der Waals surface area contributed by atoms with Crippen molar-refractivity contribution < 1.29 is 0 Å². The molecule has 1 aromatic rings. The topological polar surface area (TPSA) is 15.3 Å². The van der Waals surface area contributed by atoms with E-state index in [0.717, 1.165) is 6.04 Å². The van der Waals surface area contributed by atoms with Gasteiger partial charge in [0.05, 0.1) is 0 Å². The SMILES string of the molecule is c1ccc(N2CCCC(NC3CC3)C2)cc1. The normalized spacial score (nSPS) is 25.8. The zero-order valence-electron chi connectivity index (χ0n) is 9.73. The van der Waals surface area contributed by atoms with Gasteiger partial charge >= 0.3 is 0 Å². The summed E-state index contributed by atoms with van der Waals surface area (Å²) >= 11 is 0. The van der Waals surface area contributed by atoms with Gasteiger partial charge in [-0.3, -0.25) is 0 Å². The summed E-state index contributed by atoms with van der Waals surface area (Å²) in [5, 5.41) is 3.75. The average Bonchev–Trinajstić information content (AvgIpc) is 3.15. The fraction of sp³-hybridized carbons (Fsp3) is 0.571. The van der Waals surface area contributed by atoms with Crippen LogP contribution in [0, 0.1) is 0 Å². The zero-order valence-corrected chi connectivity index (χ0v) is 9.73. The Kier molecular flexibility index (Phi) is 2.83. The molecule has 2 nitrogen and oxygen atoms in total. The molecule has 3 rings (SSSR count). The van der Waals surface area contributed by atoms with Crippen LogP contribution in [0.3, 0.4) is 0 Å². The maximum Gasteiger partial charge on any atom is 0.0366 e. The summed E-state index contributed by atoms with van der Waals surface area (Å²) in [5.41, 5.74) is 1.38. The molecule has 1 atom stereocenters. The summed E-state index contributed by atoms with van der Waals surface area (Å²) in [4.78, 5) is 2.52. The van der Waals surface area contributed by atoms with E-state index in [1.165, 1.54) is 44.5 Å². The Morgan fingerprint density at radius 2 is 1.81 bits per heavy atom. The van der Waals surface area contributed by atoms with E-state index in [0.29, 0.717) is 6.04 Å². The second-order valence-electron chi connectivity index (χ2n) is 5.06. The molecule has 1 saturated heterocycles. The van der Waals surface area contributed by atoms with Crippen molar-refractivity contribution in [2.24, 2.45) is 0 Å². The van der Waals surface area contributed by atoms with E-state index in [-0.39, 0.29) is 0 Å². The predicted octanol–water partition coefficient (Wildman–Crippen LogP) is 2.41. The maximum atomic E-state index is 3.75. The largest absolute Gasteiger partial charge is 0.370 e. The number of benzene rings is 1. The van der Waals surface area contributed by atoms with Crippen molar-refractivity contribution in [1.82, 2.24) is 5.32 Å². The number of nitrogens with one attached hydrogen (secondary N) is 1. The van der Waals surface area contributed by atoms with Crippen molar-refractivity contribution >= 4 is 5.69 Å². The van der Waals surface area contributed by atoms with E-state index in [9.17, 15) is 0 Å². The molecule has 2 aliphatic rings. The van der Waals surface area contributed by atoms with Gasteiger partial charge in [0.1, 0.15) is 0 Å². The fourth-order valence-electron chi connectivity index (χ4n) is 2.57. The first-order valence-electron chi connectivity index (χ1n) is 6.48. The molecular weight excluding hydrogens is 196 g/mol. The van der Waals surface area contributed by atoms with Crippen molar-refractivity contribution in [3.05, 3.63) is 30.3 Å². The Labute approximate surface area is 97.6 Å². The maximum absolute atomic E-state index is 3.75. The third-order valence-electron chi connectivity index (χ3n) is 3.59. The highest BCUT2D eigenvalue weighted by Gasteiger charge is 2.27. The van der Waals surface area contributed by atoms with E-state index in [4.69, 9.17) is 0 Å². The van der Waals surface area contributed by atoms with Gasteiger partial charge in [-0.2, -0.15) is 0 Å². The lowest BCUT2D eigenvalue weighted by Gasteiger charge is -2.35. The van der Waals surface area contributed by atoms with Crippen molar-refractivity contribution in [2.45, 2.75) is 37.8 Å². The molecule has 0 amide bonds. The molecule has 1 saturated carbocycles. The highest BCUT2D eigenvalue weighted by Crippen LogP contribution is 2.24.